The number of rotatable bonds is 5. The molecule has 0 radical (unpaired) electrons. The number of hydrogen-bond acceptors (Lipinski definition) is 3. The van der Waals surface area contributed by atoms with Gasteiger partial charge in [-0.3, -0.25) is 0 Å². The van der Waals surface area contributed by atoms with Gasteiger partial charge in [0.2, 0.25) is 0 Å². The van der Waals surface area contributed by atoms with E-state index in [4.69, 9.17) is 10.5 Å². The zero-order chi connectivity index (χ0) is 11.5. The van der Waals surface area contributed by atoms with Gasteiger partial charge in [0.25, 0.3) is 0 Å². The first-order chi connectivity index (χ1) is 7.70. The summed E-state index contributed by atoms with van der Waals surface area (Å²) in [5.41, 5.74) is 6.17. The molecule has 0 bridgehead atoms. The van der Waals surface area contributed by atoms with Gasteiger partial charge in [0.1, 0.15) is 0 Å². The smallest absolute Gasteiger partial charge is 0.0753 e. The van der Waals surface area contributed by atoms with Crippen LogP contribution in [0.15, 0.2) is 0 Å². The number of ether oxygens (including phenoxy) is 1. The summed E-state index contributed by atoms with van der Waals surface area (Å²) in [6.45, 7) is 4.18. The topological polar surface area (TPSA) is 38.5 Å². The summed E-state index contributed by atoms with van der Waals surface area (Å²) >= 11 is 0. The van der Waals surface area contributed by atoms with Gasteiger partial charge in [-0.15, -0.1) is 0 Å². The van der Waals surface area contributed by atoms with E-state index in [1.54, 1.807) is 0 Å². The summed E-state index contributed by atoms with van der Waals surface area (Å²) in [5, 5.41) is 0. The number of hydrogen-bond donors (Lipinski definition) is 1. The summed E-state index contributed by atoms with van der Waals surface area (Å²) in [6.07, 6.45) is 6.67. The quantitative estimate of drug-likeness (QED) is 0.774. The second kappa shape index (κ2) is 5.48. The van der Waals surface area contributed by atoms with E-state index in [0.717, 1.165) is 25.5 Å². The zero-order valence-corrected chi connectivity index (χ0v) is 10.7. The van der Waals surface area contributed by atoms with Crippen molar-refractivity contribution in [2.45, 2.75) is 57.2 Å². The molecule has 1 heterocycles. The van der Waals surface area contributed by atoms with Gasteiger partial charge in [0.15, 0.2) is 0 Å². The molecule has 0 aromatic heterocycles. The molecule has 3 atom stereocenters. The van der Waals surface area contributed by atoms with Crippen molar-refractivity contribution in [3.05, 3.63) is 0 Å². The van der Waals surface area contributed by atoms with Gasteiger partial charge in [-0.05, 0) is 38.6 Å². The molecule has 1 saturated heterocycles. The van der Waals surface area contributed by atoms with Gasteiger partial charge in [0.05, 0.1) is 6.10 Å². The lowest BCUT2D eigenvalue weighted by Gasteiger charge is -2.40. The first kappa shape index (κ1) is 12.3. The summed E-state index contributed by atoms with van der Waals surface area (Å²) in [7, 11) is 2.19. The number of nitrogens with two attached hydrogens (primary N) is 1. The normalized spacial score (nSPS) is 36.6. The molecule has 1 aliphatic carbocycles. The molecule has 2 fully saturated rings. The average molecular weight is 226 g/mol. The summed E-state index contributed by atoms with van der Waals surface area (Å²) < 4.78 is 5.99. The van der Waals surface area contributed by atoms with Gasteiger partial charge in [-0.25, -0.2) is 0 Å². The van der Waals surface area contributed by atoms with Crippen LogP contribution in [0, 0.1) is 5.92 Å². The zero-order valence-electron chi connectivity index (χ0n) is 10.7. The Hall–Kier alpha value is -0.120. The van der Waals surface area contributed by atoms with E-state index in [1.165, 1.54) is 25.7 Å². The third-order valence-corrected chi connectivity index (χ3v) is 3.97. The van der Waals surface area contributed by atoms with Crippen LogP contribution in [0.4, 0.5) is 0 Å². The second-order valence-corrected chi connectivity index (χ2v) is 5.60. The molecule has 94 valence electrons. The van der Waals surface area contributed by atoms with E-state index >= 15 is 0 Å². The molecule has 1 saturated carbocycles. The highest BCUT2D eigenvalue weighted by molar-refractivity contribution is 4.89. The Morgan fingerprint density at radius 3 is 2.75 bits per heavy atom. The van der Waals surface area contributed by atoms with E-state index < -0.39 is 0 Å². The Labute approximate surface area is 99.3 Å². The molecule has 3 nitrogen and oxygen atoms in total. The minimum Gasteiger partial charge on any atom is -0.376 e. The SMILES string of the molecule is CCCC1CC(OCC2CC2)C(N)CN1C. The van der Waals surface area contributed by atoms with E-state index in [2.05, 4.69) is 18.9 Å². The lowest BCUT2D eigenvalue weighted by Crippen LogP contribution is -2.55. The van der Waals surface area contributed by atoms with Crippen molar-refractivity contribution < 1.29 is 4.74 Å². The first-order valence-corrected chi connectivity index (χ1v) is 6.78. The fraction of sp³-hybridized carbons (Fsp3) is 1.00. The van der Waals surface area contributed by atoms with Gasteiger partial charge >= 0.3 is 0 Å². The maximum atomic E-state index is 6.17. The van der Waals surface area contributed by atoms with Crippen LogP contribution in [0.3, 0.4) is 0 Å². The van der Waals surface area contributed by atoms with Gasteiger partial charge in [-0.2, -0.15) is 0 Å². The van der Waals surface area contributed by atoms with E-state index in [-0.39, 0.29) is 6.04 Å². The van der Waals surface area contributed by atoms with Crippen LogP contribution in [0.2, 0.25) is 0 Å². The van der Waals surface area contributed by atoms with Gasteiger partial charge in [0, 0.05) is 25.2 Å². The molecule has 2 N–H and O–H groups in total. The van der Waals surface area contributed by atoms with E-state index in [0.29, 0.717) is 12.1 Å². The van der Waals surface area contributed by atoms with Crippen LogP contribution < -0.4 is 5.73 Å². The third kappa shape index (κ3) is 3.19. The third-order valence-electron chi connectivity index (χ3n) is 3.97. The average Bonchev–Trinajstić information content (AvgIpc) is 3.04. The molecular weight excluding hydrogens is 200 g/mol. The Kier molecular flexibility index (Phi) is 4.22. The summed E-state index contributed by atoms with van der Waals surface area (Å²) in [6, 6.07) is 0.880. The largest absolute Gasteiger partial charge is 0.376 e. The summed E-state index contributed by atoms with van der Waals surface area (Å²) in [4.78, 5) is 2.41. The highest BCUT2D eigenvalue weighted by Gasteiger charge is 2.33. The van der Waals surface area contributed by atoms with Crippen LogP contribution in [0.5, 0.6) is 0 Å². The number of likely N-dealkylation sites (N-methyl/N-ethyl adjacent to an activating group) is 1. The molecule has 0 spiro atoms. The first-order valence-electron chi connectivity index (χ1n) is 6.78. The number of nitrogens with zero attached hydrogens (tertiary/aromatic N) is 1. The molecule has 1 aliphatic heterocycles. The van der Waals surface area contributed by atoms with E-state index in [1.807, 2.05) is 0 Å². The molecule has 3 unspecified atom stereocenters. The molecule has 3 heteroatoms. The van der Waals surface area contributed by atoms with Crippen LogP contribution >= 0.6 is 0 Å². The molecule has 0 aromatic carbocycles. The highest BCUT2D eigenvalue weighted by Crippen LogP contribution is 2.30. The lowest BCUT2D eigenvalue weighted by atomic mass is 9.93. The van der Waals surface area contributed by atoms with Crippen LogP contribution in [-0.2, 0) is 4.74 Å². The van der Waals surface area contributed by atoms with Crippen molar-refractivity contribution in [1.82, 2.24) is 4.90 Å². The van der Waals surface area contributed by atoms with Crippen molar-refractivity contribution in [2.75, 3.05) is 20.2 Å². The Balaban J connectivity index is 1.80. The molecule has 2 aliphatic rings. The molecular formula is C13H26N2O. The Bertz CT molecular complexity index is 218. The van der Waals surface area contributed by atoms with Crippen LogP contribution in [0.1, 0.15) is 39.0 Å². The summed E-state index contributed by atoms with van der Waals surface area (Å²) in [5.74, 6) is 0.844. The highest BCUT2D eigenvalue weighted by atomic mass is 16.5. The van der Waals surface area contributed by atoms with Crippen LogP contribution in [0.25, 0.3) is 0 Å². The molecule has 2 rings (SSSR count). The molecule has 0 aromatic rings. The number of piperidine rings is 1. The molecule has 0 amide bonds. The van der Waals surface area contributed by atoms with Crippen LogP contribution in [-0.4, -0.2) is 43.3 Å². The maximum Gasteiger partial charge on any atom is 0.0753 e. The Morgan fingerprint density at radius 2 is 2.12 bits per heavy atom. The maximum absolute atomic E-state index is 6.17. The van der Waals surface area contributed by atoms with Crippen molar-refractivity contribution in [3.63, 3.8) is 0 Å². The van der Waals surface area contributed by atoms with Crippen molar-refractivity contribution in [1.29, 1.82) is 0 Å². The monoisotopic (exact) mass is 226 g/mol. The van der Waals surface area contributed by atoms with E-state index in [9.17, 15) is 0 Å². The Morgan fingerprint density at radius 1 is 1.38 bits per heavy atom. The van der Waals surface area contributed by atoms with Crippen molar-refractivity contribution >= 4 is 0 Å². The lowest BCUT2D eigenvalue weighted by molar-refractivity contribution is -0.0277. The van der Waals surface area contributed by atoms with Gasteiger partial charge < -0.3 is 15.4 Å². The molecule has 16 heavy (non-hydrogen) atoms. The minimum absolute atomic E-state index is 0.205. The predicted molar refractivity (Wildman–Crippen MR) is 66.4 cm³/mol. The fourth-order valence-corrected chi connectivity index (χ4v) is 2.63. The predicted octanol–water partition coefficient (Wildman–Crippen LogP) is 1.61. The number of likely N-dealkylation sites (tertiary alicyclic amines) is 1. The van der Waals surface area contributed by atoms with Crippen molar-refractivity contribution in [2.24, 2.45) is 11.7 Å². The minimum atomic E-state index is 0.205. The fourth-order valence-electron chi connectivity index (χ4n) is 2.63. The van der Waals surface area contributed by atoms with Gasteiger partial charge in [-0.1, -0.05) is 13.3 Å². The van der Waals surface area contributed by atoms with Crippen molar-refractivity contribution in [3.8, 4) is 0 Å². The standard InChI is InChI=1S/C13H26N2O/c1-3-4-11-7-13(12(14)8-15(11)2)16-9-10-5-6-10/h10-13H,3-9,14H2,1-2H3. The second-order valence-electron chi connectivity index (χ2n) is 5.60.